The monoisotopic (exact) mass is 341 g/mol. The van der Waals surface area contributed by atoms with Crippen LogP contribution >= 0.6 is 0 Å². The molecule has 0 fully saturated rings. The van der Waals surface area contributed by atoms with Crippen molar-refractivity contribution in [2.75, 3.05) is 13.2 Å². The Labute approximate surface area is 139 Å². The minimum absolute atomic E-state index is 0.0548. The number of benzene rings is 1. The van der Waals surface area contributed by atoms with E-state index in [1.807, 2.05) is 6.07 Å². The van der Waals surface area contributed by atoms with Crippen molar-refractivity contribution in [2.24, 2.45) is 0 Å². The zero-order valence-corrected chi connectivity index (χ0v) is 13.2. The molecule has 1 aromatic carbocycles. The van der Waals surface area contributed by atoms with Crippen LogP contribution in [0.2, 0.25) is 0 Å². The Kier molecular flexibility index (Phi) is 9.13. The van der Waals surface area contributed by atoms with Gasteiger partial charge in [-0.1, -0.05) is 30.3 Å². The molecule has 0 spiro atoms. The van der Waals surface area contributed by atoms with Crippen molar-refractivity contribution in [3.05, 3.63) is 35.9 Å². The minimum Gasteiger partial charge on any atom is -0.394 e. The van der Waals surface area contributed by atoms with Crippen LogP contribution in [0, 0.1) is 0 Å². The first-order valence-electron chi connectivity index (χ1n) is 7.59. The molecule has 24 heavy (non-hydrogen) atoms. The summed E-state index contributed by atoms with van der Waals surface area (Å²) in [6.45, 7) is -1.16. The van der Waals surface area contributed by atoms with E-state index in [4.69, 9.17) is 15.1 Å². The zero-order valence-electron chi connectivity index (χ0n) is 13.2. The van der Waals surface area contributed by atoms with E-state index in [1.165, 1.54) is 0 Å². The number of Topliss-reactive ketones (excluding diaryl/α,β-unsaturated/α-hetero) is 1. The maximum absolute atomic E-state index is 11.8. The number of carbonyl (C=O) groups excluding carboxylic acids is 2. The summed E-state index contributed by atoms with van der Waals surface area (Å²) in [7, 11) is 0. The molecule has 0 saturated heterocycles. The molecule has 3 atom stereocenters. The molecule has 1 unspecified atom stereocenters. The Morgan fingerprint density at radius 3 is 2.33 bits per heavy atom. The fraction of sp³-hybridized carbons (Fsp3) is 0.500. The van der Waals surface area contributed by atoms with Crippen LogP contribution in [0.1, 0.15) is 29.6 Å². The second kappa shape index (κ2) is 10.8. The zero-order chi connectivity index (χ0) is 17.9. The van der Waals surface area contributed by atoms with Crippen LogP contribution in [-0.4, -0.2) is 63.6 Å². The molecule has 8 heteroatoms. The number of amides is 1. The lowest BCUT2D eigenvalue weighted by atomic mass is 10.1. The molecule has 1 amide bonds. The second-order valence-electron chi connectivity index (χ2n) is 5.29. The van der Waals surface area contributed by atoms with Crippen LogP contribution in [-0.2, 0) is 9.63 Å². The third kappa shape index (κ3) is 7.16. The quantitative estimate of drug-likeness (QED) is 0.261. The van der Waals surface area contributed by atoms with Gasteiger partial charge in [-0.25, -0.2) is 5.48 Å². The first-order valence-corrected chi connectivity index (χ1v) is 7.59. The minimum atomic E-state index is -1.59. The third-order valence-corrected chi connectivity index (χ3v) is 3.32. The van der Waals surface area contributed by atoms with Gasteiger partial charge in [0.1, 0.15) is 24.9 Å². The first kappa shape index (κ1) is 20.2. The van der Waals surface area contributed by atoms with Gasteiger partial charge in [-0.05, 0) is 6.42 Å². The molecule has 0 radical (unpaired) electrons. The van der Waals surface area contributed by atoms with Crippen LogP contribution in [0.4, 0.5) is 0 Å². The maximum Gasteiger partial charge on any atom is 0.243 e. The van der Waals surface area contributed by atoms with Gasteiger partial charge in [0.15, 0.2) is 5.78 Å². The van der Waals surface area contributed by atoms with Crippen molar-refractivity contribution in [2.45, 2.75) is 37.6 Å². The van der Waals surface area contributed by atoms with Crippen LogP contribution in [0.3, 0.4) is 0 Å². The maximum atomic E-state index is 11.8. The first-order chi connectivity index (χ1) is 11.5. The van der Waals surface area contributed by atoms with Gasteiger partial charge in [0.2, 0.25) is 5.91 Å². The van der Waals surface area contributed by atoms with Crippen molar-refractivity contribution in [1.29, 1.82) is 0 Å². The van der Waals surface area contributed by atoms with E-state index in [-0.39, 0.29) is 18.6 Å². The van der Waals surface area contributed by atoms with Crippen LogP contribution in [0.25, 0.3) is 0 Å². The largest absolute Gasteiger partial charge is 0.394 e. The molecule has 134 valence electrons. The Bertz CT molecular complexity index is 508. The van der Waals surface area contributed by atoms with Gasteiger partial charge in [0.05, 0.1) is 6.61 Å². The standard InChI is InChI=1S/C16H23NO7/c18-9-13(20)16(23)14(21)10-24-17-15(22)8-4-7-12(19)11-5-2-1-3-6-11/h1-3,5-6,13-14,16,18,20-21,23H,4,7-10H2,(H,17,22)/t13-,14?,16-/m0/s1. The topological polar surface area (TPSA) is 136 Å². The van der Waals surface area contributed by atoms with Crippen LogP contribution in [0.15, 0.2) is 30.3 Å². The summed E-state index contributed by atoms with van der Waals surface area (Å²) in [5.41, 5.74) is 2.66. The van der Waals surface area contributed by atoms with Crippen LogP contribution < -0.4 is 5.48 Å². The average molecular weight is 341 g/mol. The number of carbonyl (C=O) groups is 2. The van der Waals surface area contributed by atoms with Gasteiger partial charge in [-0.15, -0.1) is 0 Å². The van der Waals surface area contributed by atoms with Crippen molar-refractivity contribution < 1.29 is 34.9 Å². The fourth-order valence-corrected chi connectivity index (χ4v) is 1.90. The molecule has 0 saturated carbocycles. The Morgan fingerprint density at radius 1 is 1.04 bits per heavy atom. The summed E-state index contributed by atoms with van der Waals surface area (Å²) in [6, 6.07) is 8.76. The van der Waals surface area contributed by atoms with E-state index in [0.717, 1.165) is 0 Å². The number of hydrogen-bond acceptors (Lipinski definition) is 7. The van der Waals surface area contributed by atoms with Gasteiger partial charge in [-0.2, -0.15) is 0 Å². The molecular formula is C16H23NO7. The SMILES string of the molecule is O=C(CCCC(=O)c1ccccc1)NOCC(O)[C@@H](O)[C@@H](O)CO. The van der Waals surface area contributed by atoms with Crippen LogP contribution in [0.5, 0.6) is 0 Å². The molecule has 0 aliphatic rings. The average Bonchev–Trinajstić information content (AvgIpc) is 2.60. The van der Waals surface area contributed by atoms with E-state index >= 15 is 0 Å². The van der Waals surface area contributed by atoms with Crippen molar-refractivity contribution >= 4 is 11.7 Å². The summed E-state index contributed by atoms with van der Waals surface area (Å²) in [5, 5.41) is 36.6. The molecular weight excluding hydrogens is 318 g/mol. The number of ketones is 1. The van der Waals surface area contributed by atoms with E-state index in [0.29, 0.717) is 12.0 Å². The van der Waals surface area contributed by atoms with Gasteiger partial charge in [0.25, 0.3) is 0 Å². The van der Waals surface area contributed by atoms with Crippen molar-refractivity contribution in [3.8, 4) is 0 Å². The summed E-state index contributed by atoms with van der Waals surface area (Å²) < 4.78 is 0. The number of aliphatic hydroxyl groups is 4. The lowest BCUT2D eigenvalue weighted by Crippen LogP contribution is -2.43. The highest BCUT2D eigenvalue weighted by Crippen LogP contribution is 2.06. The molecule has 0 bridgehead atoms. The second-order valence-corrected chi connectivity index (χ2v) is 5.29. The lowest BCUT2D eigenvalue weighted by Gasteiger charge is -2.21. The Hall–Kier alpha value is -1.84. The summed E-state index contributed by atoms with van der Waals surface area (Å²) in [5.74, 6) is -0.527. The predicted molar refractivity (Wildman–Crippen MR) is 83.8 cm³/mol. The van der Waals surface area contributed by atoms with Gasteiger partial charge in [-0.3, -0.25) is 14.4 Å². The van der Waals surface area contributed by atoms with E-state index in [9.17, 15) is 19.8 Å². The Balaban J connectivity index is 2.17. The highest BCUT2D eigenvalue weighted by Gasteiger charge is 2.24. The molecule has 8 nitrogen and oxygen atoms in total. The molecule has 1 rings (SSSR count). The van der Waals surface area contributed by atoms with E-state index in [1.54, 1.807) is 24.3 Å². The Morgan fingerprint density at radius 2 is 1.71 bits per heavy atom. The number of rotatable bonds is 11. The molecule has 5 N–H and O–H groups in total. The molecule has 0 aromatic heterocycles. The predicted octanol–water partition coefficient (Wildman–Crippen LogP) is -0.838. The number of hydrogen-bond donors (Lipinski definition) is 5. The highest BCUT2D eigenvalue weighted by molar-refractivity contribution is 5.96. The lowest BCUT2D eigenvalue weighted by molar-refractivity contribution is -0.143. The fourth-order valence-electron chi connectivity index (χ4n) is 1.90. The van der Waals surface area contributed by atoms with E-state index in [2.05, 4.69) is 5.48 Å². The van der Waals surface area contributed by atoms with Crippen molar-refractivity contribution in [1.82, 2.24) is 5.48 Å². The number of aliphatic hydroxyl groups excluding tert-OH is 4. The highest BCUT2D eigenvalue weighted by atomic mass is 16.7. The molecule has 1 aromatic rings. The smallest absolute Gasteiger partial charge is 0.243 e. The van der Waals surface area contributed by atoms with Gasteiger partial charge in [0, 0.05) is 18.4 Å². The summed E-state index contributed by atoms with van der Waals surface area (Å²) in [4.78, 5) is 28.1. The summed E-state index contributed by atoms with van der Waals surface area (Å²) in [6.07, 6.45) is -3.92. The van der Waals surface area contributed by atoms with E-state index < -0.39 is 37.4 Å². The van der Waals surface area contributed by atoms with Gasteiger partial charge < -0.3 is 20.4 Å². The summed E-state index contributed by atoms with van der Waals surface area (Å²) >= 11 is 0. The normalized spacial score (nSPS) is 14.7. The molecule has 0 heterocycles. The van der Waals surface area contributed by atoms with Crippen molar-refractivity contribution in [3.63, 3.8) is 0 Å². The number of nitrogens with one attached hydrogen (secondary N) is 1. The van der Waals surface area contributed by atoms with Gasteiger partial charge >= 0.3 is 0 Å². The number of hydroxylamine groups is 1. The third-order valence-electron chi connectivity index (χ3n) is 3.32. The molecule has 0 aliphatic heterocycles. The molecule has 0 aliphatic carbocycles.